The summed E-state index contributed by atoms with van der Waals surface area (Å²) in [5.74, 6) is 0. The Morgan fingerprint density at radius 2 is 1.95 bits per heavy atom. The van der Waals surface area contributed by atoms with Gasteiger partial charge in [0.05, 0.1) is 18.0 Å². The molecule has 22 heavy (non-hydrogen) atoms. The molecular weight excluding hydrogens is 312 g/mol. The molecule has 0 heterocycles. The first-order valence-corrected chi connectivity index (χ1v) is 7.12. The van der Waals surface area contributed by atoms with E-state index in [4.69, 9.17) is 15.0 Å². The first kappa shape index (κ1) is 19.5. The van der Waals surface area contributed by atoms with E-state index in [0.29, 0.717) is 11.4 Å². The van der Waals surface area contributed by atoms with Gasteiger partial charge in [-0.2, -0.15) is 9.98 Å². The first-order valence-electron chi connectivity index (χ1n) is 5.85. The molecule has 118 valence electrons. The van der Waals surface area contributed by atoms with Gasteiger partial charge in [-0.1, -0.05) is 6.07 Å². The third kappa shape index (κ3) is 8.64. The Morgan fingerprint density at radius 3 is 2.45 bits per heavy atom. The van der Waals surface area contributed by atoms with Crippen LogP contribution in [0.3, 0.4) is 0 Å². The SMILES string of the molecule is Cc1ccc(N=C=O)cc1N=C=O.O=[Si](O)OCC(O)CO. The quantitative estimate of drug-likeness (QED) is 0.369. The molecule has 0 aliphatic rings. The predicted molar refractivity (Wildman–Crippen MR) is 74.4 cm³/mol. The Hall–Kier alpha value is -2.48. The summed E-state index contributed by atoms with van der Waals surface area (Å²) in [6, 6.07) is 4.88. The highest BCUT2D eigenvalue weighted by atomic mass is 28.3. The summed E-state index contributed by atoms with van der Waals surface area (Å²) in [6.07, 6.45) is 1.77. The van der Waals surface area contributed by atoms with Crippen molar-refractivity contribution in [2.45, 2.75) is 13.0 Å². The average molecular weight is 326 g/mol. The molecule has 0 aromatic heterocycles. The van der Waals surface area contributed by atoms with Gasteiger partial charge in [-0.3, -0.25) is 4.46 Å². The zero-order chi connectivity index (χ0) is 17.0. The van der Waals surface area contributed by atoms with Crippen LogP contribution in [0.5, 0.6) is 0 Å². The number of rotatable bonds is 6. The van der Waals surface area contributed by atoms with Crippen molar-refractivity contribution in [3.8, 4) is 0 Å². The number of aliphatic hydroxyl groups is 2. The van der Waals surface area contributed by atoms with Crippen LogP contribution in [0.1, 0.15) is 5.56 Å². The standard InChI is InChI=1S/C9H6N2O2.C3H8O5Si/c1-7-2-3-8(10-5-12)4-9(7)11-6-13;4-1-3(5)2-8-9(6)7/h2-4H,1H3;3-6H,1-2H2. The number of hydrogen-bond acceptors (Lipinski definition) is 8. The Kier molecular flexibility index (Phi) is 9.94. The van der Waals surface area contributed by atoms with E-state index in [1.165, 1.54) is 18.2 Å². The molecular formula is C12H14N2O7Si. The summed E-state index contributed by atoms with van der Waals surface area (Å²) < 4.78 is 13.9. The van der Waals surface area contributed by atoms with Gasteiger partial charge in [0.25, 0.3) is 0 Å². The van der Waals surface area contributed by atoms with Crippen LogP contribution < -0.4 is 0 Å². The lowest BCUT2D eigenvalue weighted by Crippen LogP contribution is -2.22. The van der Waals surface area contributed by atoms with Crippen molar-refractivity contribution in [3.05, 3.63) is 23.8 Å². The fourth-order valence-corrected chi connectivity index (χ4v) is 1.44. The number of nitrogens with zero attached hydrogens (tertiary/aromatic N) is 2. The van der Waals surface area contributed by atoms with Crippen LogP contribution in [0.25, 0.3) is 0 Å². The van der Waals surface area contributed by atoms with Crippen molar-refractivity contribution in [3.63, 3.8) is 0 Å². The van der Waals surface area contributed by atoms with Crippen molar-refractivity contribution in [2.75, 3.05) is 13.2 Å². The van der Waals surface area contributed by atoms with Gasteiger partial charge in [0, 0.05) is 0 Å². The molecule has 0 radical (unpaired) electrons. The second-order valence-corrected chi connectivity index (χ2v) is 4.61. The minimum Gasteiger partial charge on any atom is -0.511 e. The molecule has 0 amide bonds. The summed E-state index contributed by atoms with van der Waals surface area (Å²) in [6.45, 7) is 1.03. The summed E-state index contributed by atoms with van der Waals surface area (Å²) >= 11 is 0. The van der Waals surface area contributed by atoms with Gasteiger partial charge in [-0.05, 0) is 24.6 Å². The summed E-state index contributed by atoms with van der Waals surface area (Å²) in [5.41, 5.74) is 1.72. The number of aliphatic imine (C=N–C) groups is 2. The first-order chi connectivity index (χ1) is 10.4. The maximum atomic E-state index is 10.00. The minimum absolute atomic E-state index is 0.301. The summed E-state index contributed by atoms with van der Waals surface area (Å²) in [7, 11) is -2.96. The molecule has 1 rings (SSSR count). The van der Waals surface area contributed by atoms with Crippen LogP contribution in [-0.2, 0) is 18.5 Å². The maximum absolute atomic E-state index is 10.00. The zero-order valence-electron chi connectivity index (χ0n) is 11.6. The number of benzene rings is 1. The maximum Gasteiger partial charge on any atom is 0.764 e. The fourth-order valence-electron chi connectivity index (χ4n) is 1.11. The van der Waals surface area contributed by atoms with Gasteiger partial charge >= 0.3 is 9.17 Å². The number of hydrogen-bond donors (Lipinski definition) is 3. The number of aliphatic hydroxyl groups excluding tert-OH is 2. The van der Waals surface area contributed by atoms with Gasteiger partial charge < -0.3 is 19.4 Å². The van der Waals surface area contributed by atoms with E-state index < -0.39 is 21.9 Å². The highest BCUT2D eigenvalue weighted by molar-refractivity contribution is 6.24. The Labute approximate surface area is 127 Å². The lowest BCUT2D eigenvalue weighted by Gasteiger charge is -2.04. The van der Waals surface area contributed by atoms with E-state index in [-0.39, 0.29) is 6.61 Å². The molecule has 1 atom stereocenters. The molecule has 1 unspecified atom stereocenters. The smallest absolute Gasteiger partial charge is 0.511 e. The number of aryl methyl sites for hydroxylation is 1. The Bertz CT molecular complexity index is 595. The van der Waals surface area contributed by atoms with Gasteiger partial charge in [0.1, 0.15) is 12.7 Å². The highest BCUT2D eigenvalue weighted by Gasteiger charge is 2.07. The predicted octanol–water partition coefficient (Wildman–Crippen LogP) is -0.306. The second kappa shape index (κ2) is 11.2. The lowest BCUT2D eigenvalue weighted by atomic mass is 10.2. The van der Waals surface area contributed by atoms with Crippen molar-refractivity contribution in [1.82, 2.24) is 0 Å². The van der Waals surface area contributed by atoms with Gasteiger partial charge in [-0.25, -0.2) is 9.59 Å². The zero-order valence-corrected chi connectivity index (χ0v) is 12.6. The van der Waals surface area contributed by atoms with Gasteiger partial charge in [-0.15, -0.1) is 0 Å². The molecule has 10 heteroatoms. The fraction of sp³-hybridized carbons (Fsp3) is 0.333. The largest absolute Gasteiger partial charge is 0.764 e. The third-order valence-corrected chi connectivity index (χ3v) is 2.56. The van der Waals surface area contributed by atoms with Crippen molar-refractivity contribution in [1.29, 1.82) is 0 Å². The van der Waals surface area contributed by atoms with Gasteiger partial charge in [0.15, 0.2) is 0 Å². The van der Waals surface area contributed by atoms with E-state index in [1.807, 2.05) is 0 Å². The van der Waals surface area contributed by atoms with E-state index in [2.05, 4.69) is 14.4 Å². The molecule has 0 saturated heterocycles. The van der Waals surface area contributed by atoms with E-state index in [1.54, 1.807) is 19.1 Å². The van der Waals surface area contributed by atoms with E-state index in [9.17, 15) is 14.1 Å². The molecule has 0 saturated carbocycles. The normalized spacial score (nSPS) is 10.1. The topological polar surface area (TPSA) is 146 Å². The van der Waals surface area contributed by atoms with Crippen LogP contribution in [0.4, 0.5) is 11.4 Å². The van der Waals surface area contributed by atoms with Crippen LogP contribution in [0.15, 0.2) is 28.2 Å². The number of carbonyl (C=O) groups excluding carboxylic acids is 2. The molecule has 9 nitrogen and oxygen atoms in total. The monoisotopic (exact) mass is 326 g/mol. The van der Waals surface area contributed by atoms with Crippen LogP contribution >= 0.6 is 0 Å². The summed E-state index contributed by atoms with van der Waals surface area (Å²) in [5, 5.41) is 16.6. The van der Waals surface area contributed by atoms with Crippen LogP contribution in [-0.4, -0.2) is 55.7 Å². The van der Waals surface area contributed by atoms with E-state index >= 15 is 0 Å². The third-order valence-electron chi connectivity index (χ3n) is 2.14. The average Bonchev–Trinajstić information content (AvgIpc) is 2.49. The Balaban J connectivity index is 0.000000433. The van der Waals surface area contributed by atoms with Crippen LogP contribution in [0, 0.1) is 6.92 Å². The second-order valence-electron chi connectivity index (χ2n) is 3.79. The number of isocyanates is 2. The minimum atomic E-state index is -2.96. The molecule has 1 aromatic carbocycles. The molecule has 0 spiro atoms. The van der Waals surface area contributed by atoms with Crippen molar-refractivity contribution < 1.29 is 33.5 Å². The van der Waals surface area contributed by atoms with Crippen LogP contribution in [0.2, 0.25) is 0 Å². The highest BCUT2D eigenvalue weighted by Crippen LogP contribution is 2.23. The Morgan fingerprint density at radius 1 is 1.32 bits per heavy atom. The molecule has 0 aliphatic heterocycles. The molecule has 0 fully saturated rings. The molecule has 1 aromatic rings. The molecule has 0 bridgehead atoms. The van der Waals surface area contributed by atoms with E-state index in [0.717, 1.165) is 5.56 Å². The summed E-state index contributed by atoms with van der Waals surface area (Å²) in [4.78, 5) is 34.8. The van der Waals surface area contributed by atoms with Crippen molar-refractivity contribution >= 4 is 32.7 Å². The molecule has 0 aliphatic carbocycles. The van der Waals surface area contributed by atoms with Crippen molar-refractivity contribution in [2.24, 2.45) is 9.98 Å². The van der Waals surface area contributed by atoms with Gasteiger partial charge in [0.2, 0.25) is 12.2 Å². The lowest BCUT2D eigenvalue weighted by molar-refractivity contribution is 0.0432. The molecule has 3 N–H and O–H groups in total.